The Balaban J connectivity index is 2.40. The maximum Gasteiger partial charge on any atom is 0.334 e. The van der Waals surface area contributed by atoms with E-state index in [1.54, 1.807) is 0 Å². The van der Waals surface area contributed by atoms with Crippen LogP contribution in [0.5, 0.6) is 0 Å². The van der Waals surface area contributed by atoms with E-state index in [0.717, 1.165) is 12.8 Å². The second kappa shape index (κ2) is 3.87. The molecule has 2 N–H and O–H groups in total. The van der Waals surface area contributed by atoms with Gasteiger partial charge in [0.05, 0.1) is 13.2 Å². The third-order valence-electron chi connectivity index (χ3n) is 2.10. The number of esters is 1. The molecule has 3 atom stereocenters. The molecule has 4 nitrogen and oxygen atoms in total. The highest BCUT2D eigenvalue weighted by Crippen LogP contribution is 2.21. The highest BCUT2D eigenvalue weighted by atomic mass is 16.6. The lowest BCUT2D eigenvalue weighted by molar-refractivity contribution is -0.153. The Kier molecular flexibility index (Phi) is 3.05. The number of rotatable bonds is 2. The van der Waals surface area contributed by atoms with Gasteiger partial charge in [0.25, 0.3) is 0 Å². The lowest BCUT2D eigenvalue weighted by Gasteiger charge is -2.14. The molecule has 0 radical (unpaired) electrons. The molecule has 1 saturated heterocycles. The predicted molar refractivity (Wildman–Crippen MR) is 43.6 cm³/mol. The van der Waals surface area contributed by atoms with Gasteiger partial charge in [-0.05, 0) is 19.8 Å². The second-order valence-corrected chi connectivity index (χ2v) is 3.12. The van der Waals surface area contributed by atoms with Gasteiger partial charge >= 0.3 is 5.97 Å². The number of methoxy groups -OCH3 is 1. The molecule has 1 fully saturated rings. The zero-order chi connectivity index (χ0) is 9.14. The third-order valence-corrected chi connectivity index (χ3v) is 2.10. The highest BCUT2D eigenvalue weighted by molar-refractivity contribution is 5.74. The molecule has 0 aromatic heterocycles. The number of hydrogen-bond donors (Lipinski definition) is 1. The molecule has 70 valence electrons. The molecule has 1 aliphatic rings. The fourth-order valence-electron chi connectivity index (χ4n) is 1.35. The van der Waals surface area contributed by atoms with Gasteiger partial charge in [0.15, 0.2) is 6.10 Å². The molecular formula is C8H15NO3. The van der Waals surface area contributed by atoms with E-state index in [4.69, 9.17) is 10.5 Å². The molecule has 0 bridgehead atoms. The van der Waals surface area contributed by atoms with Crippen LogP contribution in [0.25, 0.3) is 0 Å². The van der Waals surface area contributed by atoms with Crippen LogP contribution >= 0.6 is 0 Å². The van der Waals surface area contributed by atoms with Crippen LogP contribution in [0.2, 0.25) is 0 Å². The maximum atomic E-state index is 11.0. The van der Waals surface area contributed by atoms with Crippen LogP contribution in [0.15, 0.2) is 0 Å². The summed E-state index contributed by atoms with van der Waals surface area (Å²) < 4.78 is 9.93. The van der Waals surface area contributed by atoms with Gasteiger partial charge in [0.2, 0.25) is 0 Å². The van der Waals surface area contributed by atoms with Crippen molar-refractivity contribution in [2.24, 2.45) is 5.73 Å². The Hall–Kier alpha value is -0.610. The van der Waals surface area contributed by atoms with Crippen molar-refractivity contribution in [3.8, 4) is 0 Å². The molecule has 0 saturated carbocycles. The van der Waals surface area contributed by atoms with Crippen LogP contribution in [0.4, 0.5) is 0 Å². The molecule has 1 heterocycles. The first-order valence-electron chi connectivity index (χ1n) is 4.14. The van der Waals surface area contributed by atoms with Crippen LogP contribution in [0.1, 0.15) is 19.8 Å². The number of carbonyl (C=O) groups excluding carboxylic acids is 1. The summed E-state index contributed by atoms with van der Waals surface area (Å²) in [5.41, 5.74) is 5.62. The first-order chi connectivity index (χ1) is 5.65. The summed E-state index contributed by atoms with van der Waals surface area (Å²) in [6, 6.07) is -0.0142. The zero-order valence-electron chi connectivity index (χ0n) is 7.45. The SMILES string of the molecule is COC(=O)[C@@H]1CC[C@H]([C@@H](C)N)O1. The van der Waals surface area contributed by atoms with Gasteiger partial charge in [-0.15, -0.1) is 0 Å². The molecule has 0 unspecified atom stereocenters. The van der Waals surface area contributed by atoms with Crippen molar-refractivity contribution >= 4 is 5.97 Å². The largest absolute Gasteiger partial charge is 0.467 e. The van der Waals surface area contributed by atoms with Crippen molar-refractivity contribution in [2.75, 3.05) is 7.11 Å². The lowest BCUT2D eigenvalue weighted by Crippen LogP contribution is -2.33. The summed E-state index contributed by atoms with van der Waals surface area (Å²) in [6.45, 7) is 1.88. The van der Waals surface area contributed by atoms with E-state index in [0.29, 0.717) is 0 Å². The zero-order valence-corrected chi connectivity index (χ0v) is 7.45. The first-order valence-corrected chi connectivity index (χ1v) is 4.14. The Morgan fingerprint density at radius 3 is 2.75 bits per heavy atom. The van der Waals surface area contributed by atoms with Gasteiger partial charge in [-0.3, -0.25) is 0 Å². The summed E-state index contributed by atoms with van der Waals surface area (Å²) in [7, 11) is 1.37. The van der Waals surface area contributed by atoms with Gasteiger partial charge in [-0.25, -0.2) is 4.79 Å². The average Bonchev–Trinajstić information content (AvgIpc) is 2.51. The van der Waals surface area contributed by atoms with Crippen LogP contribution < -0.4 is 5.73 Å². The lowest BCUT2D eigenvalue weighted by atomic mass is 10.1. The van der Waals surface area contributed by atoms with E-state index in [-0.39, 0.29) is 18.1 Å². The molecule has 0 aromatic rings. The van der Waals surface area contributed by atoms with Crippen LogP contribution in [-0.2, 0) is 14.3 Å². The normalized spacial score (nSPS) is 31.6. The van der Waals surface area contributed by atoms with E-state index < -0.39 is 6.10 Å². The van der Waals surface area contributed by atoms with Gasteiger partial charge < -0.3 is 15.2 Å². The molecule has 4 heteroatoms. The van der Waals surface area contributed by atoms with Crippen LogP contribution in [0.3, 0.4) is 0 Å². The molecule has 1 aliphatic heterocycles. The quantitative estimate of drug-likeness (QED) is 0.599. The fourth-order valence-corrected chi connectivity index (χ4v) is 1.35. The average molecular weight is 173 g/mol. The topological polar surface area (TPSA) is 61.5 Å². The summed E-state index contributed by atoms with van der Waals surface area (Å²) in [5.74, 6) is -0.293. The van der Waals surface area contributed by atoms with Crippen molar-refractivity contribution < 1.29 is 14.3 Å². The fraction of sp³-hybridized carbons (Fsp3) is 0.875. The Bertz CT molecular complexity index is 170. The third kappa shape index (κ3) is 1.95. The molecular weight excluding hydrogens is 158 g/mol. The molecule has 1 rings (SSSR count). The summed E-state index contributed by atoms with van der Waals surface area (Å²) >= 11 is 0. The van der Waals surface area contributed by atoms with E-state index in [1.165, 1.54) is 7.11 Å². The van der Waals surface area contributed by atoms with E-state index in [9.17, 15) is 4.79 Å². The van der Waals surface area contributed by atoms with Crippen molar-refractivity contribution in [1.29, 1.82) is 0 Å². The minimum atomic E-state index is -0.397. The summed E-state index contributed by atoms with van der Waals surface area (Å²) in [5, 5.41) is 0. The smallest absolute Gasteiger partial charge is 0.334 e. The predicted octanol–water partition coefficient (Wildman–Crippen LogP) is 0.0542. The number of nitrogens with two attached hydrogens (primary N) is 1. The Morgan fingerprint density at radius 2 is 2.33 bits per heavy atom. The van der Waals surface area contributed by atoms with Crippen LogP contribution in [-0.4, -0.2) is 31.3 Å². The van der Waals surface area contributed by atoms with Crippen molar-refractivity contribution in [2.45, 2.75) is 38.0 Å². The summed E-state index contributed by atoms with van der Waals surface area (Å²) in [6.07, 6.45) is 1.18. The van der Waals surface area contributed by atoms with E-state index in [2.05, 4.69) is 4.74 Å². The van der Waals surface area contributed by atoms with E-state index in [1.807, 2.05) is 6.92 Å². The number of hydrogen-bond acceptors (Lipinski definition) is 4. The minimum absolute atomic E-state index is 0.00843. The molecule has 12 heavy (non-hydrogen) atoms. The maximum absolute atomic E-state index is 11.0. The van der Waals surface area contributed by atoms with E-state index >= 15 is 0 Å². The van der Waals surface area contributed by atoms with Crippen molar-refractivity contribution in [3.05, 3.63) is 0 Å². The highest BCUT2D eigenvalue weighted by Gasteiger charge is 2.32. The van der Waals surface area contributed by atoms with Crippen molar-refractivity contribution in [1.82, 2.24) is 0 Å². The standard InChI is InChI=1S/C8H15NO3/c1-5(9)6-3-4-7(12-6)8(10)11-2/h5-7H,3-4,9H2,1-2H3/t5-,6-,7+/m1/s1. The number of ether oxygens (including phenoxy) is 2. The second-order valence-electron chi connectivity index (χ2n) is 3.12. The molecule has 0 spiro atoms. The Labute approximate surface area is 72.0 Å². The van der Waals surface area contributed by atoms with Gasteiger partial charge in [0.1, 0.15) is 0 Å². The first kappa shape index (κ1) is 9.48. The minimum Gasteiger partial charge on any atom is -0.467 e. The van der Waals surface area contributed by atoms with Gasteiger partial charge in [-0.2, -0.15) is 0 Å². The van der Waals surface area contributed by atoms with Gasteiger partial charge in [-0.1, -0.05) is 0 Å². The Morgan fingerprint density at radius 1 is 1.67 bits per heavy atom. The number of carbonyl (C=O) groups is 1. The molecule has 0 aromatic carbocycles. The summed E-state index contributed by atoms with van der Waals surface area (Å²) in [4.78, 5) is 11.0. The molecule has 0 amide bonds. The van der Waals surface area contributed by atoms with Crippen LogP contribution in [0, 0.1) is 0 Å². The van der Waals surface area contributed by atoms with Gasteiger partial charge in [0, 0.05) is 6.04 Å². The monoisotopic (exact) mass is 173 g/mol. The van der Waals surface area contributed by atoms with Crippen molar-refractivity contribution in [3.63, 3.8) is 0 Å². The molecule has 0 aliphatic carbocycles.